The molecule has 0 aromatic heterocycles. The average Bonchev–Trinajstić information content (AvgIpc) is 3.16. The SMILES string of the molecule is CC/C=C\C/C=C\C/C=C\CCCCCCCC(=O)OC(COCCCCCCCCCCCC/C=C\C/C=C\CCCCC)COP(=O)(O)OCCN. The van der Waals surface area contributed by atoms with Crippen LogP contribution in [0.5, 0.6) is 0 Å². The molecule has 3 N–H and O–H groups in total. The Balaban J connectivity index is 4.04. The number of allylic oxidation sites excluding steroid dienone is 10. The monoisotopic (exact) mass is 780 g/mol. The van der Waals surface area contributed by atoms with E-state index in [-0.39, 0.29) is 32.3 Å². The summed E-state index contributed by atoms with van der Waals surface area (Å²) in [6, 6.07) is 0. The minimum absolute atomic E-state index is 0.0943. The molecule has 0 aromatic rings. The summed E-state index contributed by atoms with van der Waals surface area (Å²) in [5.41, 5.74) is 5.37. The zero-order valence-corrected chi connectivity index (χ0v) is 35.6. The molecule has 2 atom stereocenters. The molecule has 0 spiro atoms. The number of phosphoric acid groups is 1. The maximum Gasteiger partial charge on any atom is 0.472 e. The summed E-state index contributed by atoms with van der Waals surface area (Å²) in [4.78, 5) is 22.5. The van der Waals surface area contributed by atoms with Crippen LogP contribution in [-0.4, -0.2) is 49.9 Å². The summed E-state index contributed by atoms with van der Waals surface area (Å²) in [6.45, 7) is 4.75. The number of carbonyl (C=O) groups excluding carboxylic acids is 1. The van der Waals surface area contributed by atoms with Crippen molar-refractivity contribution < 1.29 is 32.8 Å². The fraction of sp³-hybridized carbons (Fsp3) is 0.756. The van der Waals surface area contributed by atoms with Gasteiger partial charge in [-0.2, -0.15) is 0 Å². The van der Waals surface area contributed by atoms with Crippen molar-refractivity contribution in [1.29, 1.82) is 0 Å². The smallest absolute Gasteiger partial charge is 0.457 e. The number of phosphoric ester groups is 1. The van der Waals surface area contributed by atoms with Gasteiger partial charge in [0.25, 0.3) is 0 Å². The Morgan fingerprint density at radius 2 is 1.04 bits per heavy atom. The van der Waals surface area contributed by atoms with Crippen LogP contribution in [0.25, 0.3) is 0 Å². The van der Waals surface area contributed by atoms with Crippen molar-refractivity contribution in [3.8, 4) is 0 Å². The molecule has 0 aliphatic carbocycles. The number of carbonyl (C=O) groups is 1. The van der Waals surface area contributed by atoms with Crippen LogP contribution in [-0.2, 0) is 27.9 Å². The first-order valence-corrected chi connectivity index (χ1v) is 23.3. The Kier molecular flexibility index (Phi) is 40.9. The number of rotatable bonds is 41. The predicted molar refractivity (Wildman–Crippen MR) is 229 cm³/mol. The molecular formula is C45H82NO7P. The van der Waals surface area contributed by atoms with Crippen LogP contribution in [0.1, 0.15) is 181 Å². The van der Waals surface area contributed by atoms with Gasteiger partial charge in [-0.25, -0.2) is 4.57 Å². The Hall–Kier alpha value is -1.80. The fourth-order valence-corrected chi connectivity index (χ4v) is 6.51. The van der Waals surface area contributed by atoms with Gasteiger partial charge in [0.05, 0.1) is 19.8 Å². The molecule has 0 aromatic carbocycles. The second-order valence-corrected chi connectivity index (χ2v) is 15.6. The molecule has 0 saturated heterocycles. The van der Waals surface area contributed by atoms with Crippen LogP contribution in [0.2, 0.25) is 0 Å². The molecule has 0 rings (SSSR count). The van der Waals surface area contributed by atoms with Crippen molar-refractivity contribution in [1.82, 2.24) is 0 Å². The van der Waals surface area contributed by atoms with Crippen molar-refractivity contribution in [2.75, 3.05) is 33.0 Å². The highest BCUT2D eigenvalue weighted by atomic mass is 31.2. The van der Waals surface area contributed by atoms with Crippen LogP contribution in [0, 0.1) is 0 Å². The third-order valence-electron chi connectivity index (χ3n) is 8.92. The zero-order chi connectivity index (χ0) is 39.5. The predicted octanol–water partition coefficient (Wildman–Crippen LogP) is 13.0. The lowest BCUT2D eigenvalue weighted by atomic mass is 10.1. The maximum absolute atomic E-state index is 12.6. The molecule has 54 heavy (non-hydrogen) atoms. The number of unbranched alkanes of at least 4 members (excludes halogenated alkanes) is 18. The average molecular weight is 780 g/mol. The highest BCUT2D eigenvalue weighted by molar-refractivity contribution is 7.47. The van der Waals surface area contributed by atoms with Crippen molar-refractivity contribution in [3.63, 3.8) is 0 Å². The first-order valence-electron chi connectivity index (χ1n) is 21.8. The lowest BCUT2D eigenvalue weighted by Crippen LogP contribution is -2.28. The van der Waals surface area contributed by atoms with Crippen molar-refractivity contribution >= 4 is 13.8 Å². The molecule has 0 radical (unpaired) electrons. The Bertz CT molecular complexity index is 1010. The summed E-state index contributed by atoms with van der Waals surface area (Å²) < 4.78 is 33.4. The lowest BCUT2D eigenvalue weighted by molar-refractivity contribution is -0.154. The van der Waals surface area contributed by atoms with Gasteiger partial charge in [0.2, 0.25) is 0 Å². The van der Waals surface area contributed by atoms with Crippen LogP contribution >= 0.6 is 7.82 Å². The number of nitrogens with two attached hydrogens (primary N) is 1. The van der Waals surface area contributed by atoms with Gasteiger partial charge < -0.3 is 20.1 Å². The largest absolute Gasteiger partial charge is 0.472 e. The molecule has 9 heteroatoms. The normalized spacial score (nSPS) is 14.1. The van der Waals surface area contributed by atoms with E-state index in [2.05, 4.69) is 74.6 Å². The van der Waals surface area contributed by atoms with E-state index in [1.54, 1.807) is 0 Å². The number of esters is 1. The van der Waals surface area contributed by atoms with E-state index < -0.39 is 13.9 Å². The van der Waals surface area contributed by atoms with E-state index in [0.29, 0.717) is 13.0 Å². The topological polar surface area (TPSA) is 117 Å². The highest BCUT2D eigenvalue weighted by Crippen LogP contribution is 2.43. The molecule has 0 aliphatic heterocycles. The lowest BCUT2D eigenvalue weighted by Gasteiger charge is -2.20. The molecule has 0 heterocycles. The van der Waals surface area contributed by atoms with E-state index in [1.807, 2.05) is 0 Å². The molecule has 2 unspecified atom stereocenters. The maximum atomic E-state index is 12.6. The summed E-state index contributed by atoms with van der Waals surface area (Å²) in [7, 11) is -4.28. The third-order valence-corrected chi connectivity index (χ3v) is 9.90. The Morgan fingerprint density at radius 3 is 1.56 bits per heavy atom. The fourth-order valence-electron chi connectivity index (χ4n) is 5.75. The van der Waals surface area contributed by atoms with Crippen LogP contribution < -0.4 is 5.73 Å². The highest BCUT2D eigenvalue weighted by Gasteiger charge is 2.25. The second kappa shape index (κ2) is 42.3. The van der Waals surface area contributed by atoms with Crippen LogP contribution in [0.15, 0.2) is 60.8 Å². The Labute approximate surface area is 332 Å². The summed E-state index contributed by atoms with van der Waals surface area (Å²) in [6.07, 6.45) is 50.9. The third kappa shape index (κ3) is 41.4. The standard InChI is InChI=1S/C45H82NO7P/c1-3-5-7-9-11-13-15-17-19-20-21-22-23-25-27-29-31-33-35-37-40-50-42-44(43-52-54(48,49)51-41-39-46)53-45(47)38-36-34-32-30-28-26-24-18-16-14-12-10-8-6-4-2/h6,8,11-14,17-19,24,44H,3-5,7,9-10,15-16,20-23,25-43,46H2,1-2H3,(H,48,49)/b8-6-,13-11-,14-12-,19-17-,24-18-. The van der Waals surface area contributed by atoms with Crippen LogP contribution in [0.3, 0.4) is 0 Å². The van der Waals surface area contributed by atoms with E-state index in [9.17, 15) is 14.3 Å². The van der Waals surface area contributed by atoms with E-state index in [4.69, 9.17) is 24.3 Å². The molecular weight excluding hydrogens is 697 g/mol. The summed E-state index contributed by atoms with van der Waals surface area (Å²) >= 11 is 0. The van der Waals surface area contributed by atoms with Gasteiger partial charge in [0.15, 0.2) is 0 Å². The summed E-state index contributed by atoms with van der Waals surface area (Å²) in [5, 5.41) is 0. The number of hydrogen-bond acceptors (Lipinski definition) is 7. The summed E-state index contributed by atoms with van der Waals surface area (Å²) in [5.74, 6) is -0.350. The van der Waals surface area contributed by atoms with Gasteiger partial charge >= 0.3 is 13.8 Å². The molecule has 0 amide bonds. The molecule has 0 aliphatic rings. The zero-order valence-electron chi connectivity index (χ0n) is 34.7. The molecule has 0 saturated carbocycles. The van der Waals surface area contributed by atoms with Gasteiger partial charge in [0.1, 0.15) is 6.10 Å². The minimum atomic E-state index is -4.28. The first-order chi connectivity index (χ1) is 26.4. The van der Waals surface area contributed by atoms with Crippen molar-refractivity contribution in [2.45, 2.75) is 187 Å². The van der Waals surface area contributed by atoms with E-state index >= 15 is 0 Å². The van der Waals surface area contributed by atoms with E-state index in [0.717, 1.165) is 77.0 Å². The van der Waals surface area contributed by atoms with Crippen molar-refractivity contribution in [3.05, 3.63) is 60.8 Å². The van der Waals surface area contributed by atoms with Gasteiger partial charge in [-0.1, -0.05) is 158 Å². The molecule has 0 fully saturated rings. The first kappa shape index (κ1) is 52.2. The van der Waals surface area contributed by atoms with Crippen molar-refractivity contribution in [2.24, 2.45) is 5.73 Å². The van der Waals surface area contributed by atoms with E-state index in [1.165, 1.54) is 83.5 Å². The Morgan fingerprint density at radius 1 is 0.574 bits per heavy atom. The number of ether oxygens (including phenoxy) is 2. The molecule has 0 bridgehead atoms. The minimum Gasteiger partial charge on any atom is -0.457 e. The van der Waals surface area contributed by atoms with Gasteiger partial charge in [-0.15, -0.1) is 0 Å². The number of hydrogen-bond donors (Lipinski definition) is 2. The van der Waals surface area contributed by atoms with Gasteiger partial charge in [-0.05, 0) is 77.0 Å². The quantitative estimate of drug-likeness (QED) is 0.0273. The van der Waals surface area contributed by atoms with Gasteiger partial charge in [0, 0.05) is 19.6 Å². The second-order valence-electron chi connectivity index (χ2n) is 14.2. The molecule has 8 nitrogen and oxygen atoms in total. The van der Waals surface area contributed by atoms with Gasteiger partial charge in [-0.3, -0.25) is 13.8 Å². The molecule has 314 valence electrons. The van der Waals surface area contributed by atoms with Crippen LogP contribution in [0.4, 0.5) is 0 Å².